The molecule has 1 aromatic heterocycles. The number of aromatic nitrogens is 2. The van der Waals surface area contributed by atoms with Gasteiger partial charge >= 0.3 is 5.69 Å². The molecule has 1 fully saturated rings. The lowest BCUT2D eigenvalue weighted by molar-refractivity contribution is -0.109. The molecule has 3 N–H and O–H groups in total. The van der Waals surface area contributed by atoms with E-state index in [-0.39, 0.29) is 29.5 Å². The van der Waals surface area contributed by atoms with Crippen LogP contribution in [0.2, 0.25) is 0 Å². The molecule has 124 valence electrons. The number of aromatic amines is 1. The Bertz CT molecular complexity index is 759. The number of ether oxygens (including phenoxy) is 1. The van der Waals surface area contributed by atoms with Crippen LogP contribution in [-0.4, -0.2) is 49.4 Å². The maximum Gasteiger partial charge on any atom is 0.330 e. The minimum absolute atomic E-state index is 0.0549. The molecule has 0 saturated carbocycles. The zero-order valence-corrected chi connectivity index (χ0v) is 13.1. The van der Waals surface area contributed by atoms with Crippen LogP contribution in [0.5, 0.6) is 0 Å². The first-order valence-electron chi connectivity index (χ1n) is 6.84. The fraction of sp³-hybridized carbons (Fsp3) is 0.500. The Kier molecular flexibility index (Phi) is 5.79. The number of carbonyl (C=O) groups is 1. The van der Waals surface area contributed by atoms with Crippen LogP contribution in [0.1, 0.15) is 25.1 Å². The van der Waals surface area contributed by atoms with Crippen LogP contribution in [0.25, 0.3) is 0 Å². The van der Waals surface area contributed by atoms with E-state index in [4.69, 9.17) is 9.84 Å². The fourth-order valence-electron chi connectivity index (χ4n) is 2.11. The van der Waals surface area contributed by atoms with Gasteiger partial charge in [0.1, 0.15) is 17.9 Å². The topological polar surface area (TPSA) is 122 Å². The van der Waals surface area contributed by atoms with Crippen LogP contribution in [0, 0.1) is 11.8 Å². The first-order valence-corrected chi connectivity index (χ1v) is 7.83. The summed E-state index contributed by atoms with van der Waals surface area (Å²) >= 11 is 1.01. The van der Waals surface area contributed by atoms with E-state index >= 15 is 0 Å². The van der Waals surface area contributed by atoms with E-state index in [1.165, 1.54) is 13.1 Å². The average Bonchev–Trinajstić information content (AvgIpc) is 2.86. The highest BCUT2D eigenvalue weighted by Gasteiger charge is 2.35. The van der Waals surface area contributed by atoms with Gasteiger partial charge in [-0.1, -0.05) is 23.6 Å². The van der Waals surface area contributed by atoms with E-state index in [1.807, 2.05) is 0 Å². The zero-order chi connectivity index (χ0) is 17.0. The number of nitrogens with zero attached hydrogens (tertiary/aromatic N) is 1. The zero-order valence-electron chi connectivity index (χ0n) is 12.3. The minimum Gasteiger partial charge on any atom is -0.394 e. The summed E-state index contributed by atoms with van der Waals surface area (Å²) < 4.78 is 6.51. The molecule has 8 nitrogen and oxygen atoms in total. The van der Waals surface area contributed by atoms with Gasteiger partial charge < -0.3 is 14.9 Å². The van der Waals surface area contributed by atoms with Crippen molar-refractivity contribution in [3.8, 4) is 11.8 Å². The number of nitrogens with one attached hydrogen (secondary N) is 1. The molecule has 23 heavy (non-hydrogen) atoms. The maximum absolute atomic E-state index is 11.9. The van der Waals surface area contributed by atoms with Crippen molar-refractivity contribution < 1.29 is 19.7 Å². The molecule has 0 bridgehead atoms. The number of hydrogen-bond donors (Lipinski definition) is 3. The van der Waals surface area contributed by atoms with Crippen LogP contribution >= 0.6 is 11.8 Å². The van der Waals surface area contributed by atoms with Crippen molar-refractivity contribution in [2.45, 2.75) is 31.8 Å². The summed E-state index contributed by atoms with van der Waals surface area (Å²) in [4.78, 5) is 36.6. The molecule has 2 rings (SSSR count). The molecule has 3 atom stereocenters. The van der Waals surface area contributed by atoms with Crippen molar-refractivity contribution in [1.29, 1.82) is 0 Å². The van der Waals surface area contributed by atoms with Crippen molar-refractivity contribution in [3.63, 3.8) is 0 Å². The van der Waals surface area contributed by atoms with Crippen molar-refractivity contribution in [3.05, 3.63) is 32.6 Å². The summed E-state index contributed by atoms with van der Waals surface area (Å²) in [5, 5.41) is 18.7. The van der Waals surface area contributed by atoms with Gasteiger partial charge in [0.05, 0.1) is 18.5 Å². The van der Waals surface area contributed by atoms with Gasteiger partial charge in [0.25, 0.3) is 5.56 Å². The molecule has 0 aromatic carbocycles. The number of aliphatic hydroxyl groups is 2. The Balaban J connectivity index is 2.25. The molecule has 9 heteroatoms. The van der Waals surface area contributed by atoms with Gasteiger partial charge in [-0.05, 0) is 0 Å². The smallest absolute Gasteiger partial charge is 0.330 e. The number of thioether (sulfide) groups is 1. The van der Waals surface area contributed by atoms with Crippen molar-refractivity contribution >= 4 is 16.9 Å². The molecule has 0 unspecified atom stereocenters. The molecule has 0 amide bonds. The van der Waals surface area contributed by atoms with E-state index < -0.39 is 29.7 Å². The molecule has 2 heterocycles. The van der Waals surface area contributed by atoms with Gasteiger partial charge in [-0.15, -0.1) is 0 Å². The predicted molar refractivity (Wildman–Crippen MR) is 83.0 cm³/mol. The highest BCUT2D eigenvalue weighted by Crippen LogP contribution is 2.27. The molecule has 0 spiro atoms. The quantitative estimate of drug-likeness (QED) is 0.591. The van der Waals surface area contributed by atoms with Crippen LogP contribution in [0.15, 0.2) is 15.8 Å². The first-order chi connectivity index (χ1) is 10.9. The number of carbonyl (C=O) groups excluding carboxylic acids is 1. The number of H-pyrrole nitrogens is 1. The Morgan fingerprint density at radius 1 is 1.57 bits per heavy atom. The minimum atomic E-state index is -0.898. The van der Waals surface area contributed by atoms with Crippen molar-refractivity contribution in [2.24, 2.45) is 0 Å². The average molecular weight is 340 g/mol. The third-order valence-corrected chi connectivity index (χ3v) is 3.93. The third kappa shape index (κ3) is 4.33. The van der Waals surface area contributed by atoms with Crippen LogP contribution < -0.4 is 11.2 Å². The van der Waals surface area contributed by atoms with E-state index in [0.717, 1.165) is 16.3 Å². The summed E-state index contributed by atoms with van der Waals surface area (Å²) in [6, 6.07) is 0. The second-order valence-corrected chi connectivity index (χ2v) is 6.06. The summed E-state index contributed by atoms with van der Waals surface area (Å²) in [5.41, 5.74) is -1.27. The van der Waals surface area contributed by atoms with Crippen LogP contribution in [0.4, 0.5) is 0 Å². The standard InChI is InChI=1S/C14H16N2O6S/c1-8(18)23-4-2-3-9-6-16(14(21)15-13(9)20)12-5-10(19)11(7-17)22-12/h6,10-12,17,19H,4-5,7H2,1H3,(H,15,20,21)/t10-,11+,12+/m0/s1. The predicted octanol–water partition coefficient (Wildman–Crippen LogP) is -1.19. The van der Waals surface area contributed by atoms with E-state index in [9.17, 15) is 19.5 Å². The second kappa shape index (κ2) is 7.61. The molecular formula is C14H16N2O6S. The number of hydrogen-bond acceptors (Lipinski definition) is 7. The highest BCUT2D eigenvalue weighted by molar-refractivity contribution is 8.13. The summed E-state index contributed by atoms with van der Waals surface area (Å²) in [6.07, 6.45) is -1.10. The van der Waals surface area contributed by atoms with Crippen molar-refractivity contribution in [2.75, 3.05) is 12.4 Å². The van der Waals surface area contributed by atoms with E-state index in [1.54, 1.807) is 0 Å². The third-order valence-electron chi connectivity index (χ3n) is 3.23. The van der Waals surface area contributed by atoms with Gasteiger partial charge in [0.2, 0.25) is 0 Å². The summed E-state index contributed by atoms with van der Waals surface area (Å²) in [7, 11) is 0. The Morgan fingerprint density at radius 2 is 2.30 bits per heavy atom. The van der Waals surface area contributed by atoms with Gasteiger partial charge in [0, 0.05) is 19.5 Å². The van der Waals surface area contributed by atoms with Gasteiger partial charge in [-0.2, -0.15) is 0 Å². The van der Waals surface area contributed by atoms with Gasteiger partial charge in [-0.25, -0.2) is 4.79 Å². The largest absolute Gasteiger partial charge is 0.394 e. The van der Waals surface area contributed by atoms with Gasteiger partial charge in [0.15, 0.2) is 5.12 Å². The van der Waals surface area contributed by atoms with Crippen LogP contribution in [-0.2, 0) is 9.53 Å². The fourth-order valence-corrected chi connectivity index (χ4v) is 2.46. The summed E-state index contributed by atoms with van der Waals surface area (Å²) in [6.45, 7) is 1.05. The molecule has 1 aromatic rings. The van der Waals surface area contributed by atoms with Crippen molar-refractivity contribution in [1.82, 2.24) is 9.55 Å². The molecule has 0 radical (unpaired) electrons. The lowest BCUT2D eigenvalue weighted by Gasteiger charge is -2.14. The lowest BCUT2D eigenvalue weighted by Crippen LogP contribution is -2.33. The second-order valence-electron chi connectivity index (χ2n) is 4.91. The Morgan fingerprint density at radius 3 is 2.91 bits per heavy atom. The number of rotatable bonds is 3. The SMILES string of the molecule is CC(=O)SCC#Cc1cn([C@H]2C[C@H](O)[C@@H](CO)O2)c(=O)[nH]c1=O. The molecule has 1 saturated heterocycles. The van der Waals surface area contributed by atoms with Crippen LogP contribution in [0.3, 0.4) is 0 Å². The maximum atomic E-state index is 11.9. The lowest BCUT2D eigenvalue weighted by atomic mass is 10.2. The van der Waals surface area contributed by atoms with E-state index in [0.29, 0.717) is 0 Å². The summed E-state index contributed by atoms with van der Waals surface area (Å²) in [5.74, 6) is 5.50. The molecule has 1 aliphatic heterocycles. The number of aliphatic hydroxyl groups excluding tert-OH is 2. The monoisotopic (exact) mass is 340 g/mol. The Labute approximate surface area is 135 Å². The Hall–Kier alpha value is -1.86. The highest BCUT2D eigenvalue weighted by atomic mass is 32.2. The van der Waals surface area contributed by atoms with E-state index in [2.05, 4.69) is 16.8 Å². The molecule has 1 aliphatic rings. The normalized spacial score (nSPS) is 23.3. The van der Waals surface area contributed by atoms with Gasteiger partial charge in [-0.3, -0.25) is 19.1 Å². The molecular weight excluding hydrogens is 324 g/mol. The first kappa shape index (κ1) is 17.5. The molecule has 0 aliphatic carbocycles.